The van der Waals surface area contributed by atoms with E-state index >= 15 is 0 Å². The molecule has 0 spiro atoms. The number of hydrogen-bond acceptors (Lipinski definition) is 1. The molecular weight excluding hydrogens is 215 g/mol. The third-order valence-electron chi connectivity index (χ3n) is 3.16. The fourth-order valence-electron chi connectivity index (χ4n) is 2.02. The number of unbranched alkanes of at least 4 members (excludes halogenated alkanes) is 4. The van der Waals surface area contributed by atoms with Crippen LogP contribution < -0.4 is 0 Å². The van der Waals surface area contributed by atoms with Crippen molar-refractivity contribution in [3.05, 3.63) is 35.1 Å². The van der Waals surface area contributed by atoms with Gasteiger partial charge in [-0.2, -0.15) is 0 Å². The smallest absolute Gasteiger partial charge is 0.131 e. The van der Waals surface area contributed by atoms with Crippen LogP contribution in [0, 0.1) is 12.7 Å². The average Bonchev–Trinajstić information content (AvgIpc) is 2.32. The molecule has 0 amide bonds. The first-order valence-corrected chi connectivity index (χ1v) is 6.60. The van der Waals surface area contributed by atoms with E-state index in [0.717, 1.165) is 12.8 Å². The van der Waals surface area contributed by atoms with E-state index in [4.69, 9.17) is 0 Å². The molecule has 2 heteroatoms. The van der Waals surface area contributed by atoms with Crippen molar-refractivity contribution in [3.8, 4) is 0 Å². The monoisotopic (exact) mass is 238 g/mol. The zero-order valence-corrected chi connectivity index (χ0v) is 10.9. The number of halogens is 1. The Morgan fingerprint density at radius 2 is 1.88 bits per heavy atom. The van der Waals surface area contributed by atoms with Gasteiger partial charge >= 0.3 is 0 Å². The maximum Gasteiger partial charge on any atom is 0.131 e. The molecule has 1 rings (SSSR count). The van der Waals surface area contributed by atoms with Crippen molar-refractivity contribution < 1.29 is 9.50 Å². The van der Waals surface area contributed by atoms with Gasteiger partial charge in [-0.3, -0.25) is 0 Å². The maximum absolute atomic E-state index is 13.7. The van der Waals surface area contributed by atoms with Crippen molar-refractivity contribution in [1.29, 1.82) is 0 Å². The Morgan fingerprint density at radius 1 is 1.18 bits per heavy atom. The van der Waals surface area contributed by atoms with E-state index in [-0.39, 0.29) is 5.82 Å². The van der Waals surface area contributed by atoms with E-state index in [2.05, 4.69) is 6.92 Å². The Hall–Kier alpha value is -0.890. The van der Waals surface area contributed by atoms with E-state index in [0.29, 0.717) is 17.5 Å². The molecule has 0 fully saturated rings. The van der Waals surface area contributed by atoms with Gasteiger partial charge in [0.1, 0.15) is 5.82 Å². The molecule has 0 aliphatic heterocycles. The van der Waals surface area contributed by atoms with Gasteiger partial charge in [0.25, 0.3) is 0 Å². The van der Waals surface area contributed by atoms with E-state index < -0.39 is 6.10 Å². The number of rotatable bonds is 7. The van der Waals surface area contributed by atoms with Crippen LogP contribution in [-0.2, 0) is 0 Å². The van der Waals surface area contributed by atoms with Crippen LogP contribution in [0.1, 0.15) is 62.7 Å². The predicted molar refractivity (Wildman–Crippen MR) is 69.5 cm³/mol. The lowest BCUT2D eigenvalue weighted by atomic mass is 10.00. The SMILES string of the molecule is CCCCCCCC(O)c1cccc(C)c1F. The molecule has 1 unspecified atom stereocenters. The lowest BCUT2D eigenvalue weighted by Crippen LogP contribution is -2.02. The summed E-state index contributed by atoms with van der Waals surface area (Å²) < 4.78 is 13.7. The highest BCUT2D eigenvalue weighted by Crippen LogP contribution is 2.24. The summed E-state index contributed by atoms with van der Waals surface area (Å²) in [5, 5.41) is 9.94. The molecule has 0 aromatic heterocycles. The van der Waals surface area contributed by atoms with Crippen LogP contribution in [0.2, 0.25) is 0 Å². The van der Waals surface area contributed by atoms with Crippen molar-refractivity contribution in [3.63, 3.8) is 0 Å². The zero-order chi connectivity index (χ0) is 12.7. The van der Waals surface area contributed by atoms with E-state index in [9.17, 15) is 9.50 Å². The first kappa shape index (κ1) is 14.2. The largest absolute Gasteiger partial charge is 0.388 e. The van der Waals surface area contributed by atoms with E-state index in [1.54, 1.807) is 25.1 Å². The third-order valence-corrected chi connectivity index (χ3v) is 3.16. The van der Waals surface area contributed by atoms with Crippen molar-refractivity contribution in [1.82, 2.24) is 0 Å². The van der Waals surface area contributed by atoms with Gasteiger partial charge in [-0.05, 0) is 18.9 Å². The minimum absolute atomic E-state index is 0.256. The van der Waals surface area contributed by atoms with Gasteiger partial charge in [0.2, 0.25) is 0 Å². The second-order valence-corrected chi connectivity index (χ2v) is 4.70. The Bertz CT molecular complexity index is 336. The fourth-order valence-corrected chi connectivity index (χ4v) is 2.02. The summed E-state index contributed by atoms with van der Waals surface area (Å²) >= 11 is 0. The van der Waals surface area contributed by atoms with Gasteiger partial charge in [-0.15, -0.1) is 0 Å². The highest BCUT2D eigenvalue weighted by Gasteiger charge is 2.13. The summed E-state index contributed by atoms with van der Waals surface area (Å²) in [6.45, 7) is 3.91. The number of aliphatic hydroxyl groups excluding tert-OH is 1. The Kier molecular flexibility index (Phi) is 6.20. The van der Waals surface area contributed by atoms with Gasteiger partial charge in [-0.25, -0.2) is 4.39 Å². The van der Waals surface area contributed by atoms with E-state index in [1.807, 2.05) is 0 Å². The molecule has 17 heavy (non-hydrogen) atoms. The molecule has 96 valence electrons. The fraction of sp³-hybridized carbons (Fsp3) is 0.600. The first-order valence-electron chi connectivity index (χ1n) is 6.60. The minimum Gasteiger partial charge on any atom is -0.388 e. The molecule has 0 aliphatic rings. The van der Waals surface area contributed by atoms with Crippen LogP contribution in [0.4, 0.5) is 4.39 Å². The molecule has 1 atom stereocenters. The van der Waals surface area contributed by atoms with Crippen LogP contribution in [0.5, 0.6) is 0 Å². The normalized spacial score (nSPS) is 12.7. The molecule has 0 saturated heterocycles. The summed E-state index contributed by atoms with van der Waals surface area (Å²) in [6, 6.07) is 5.21. The molecular formula is C15H23FO. The Balaban J connectivity index is 2.41. The van der Waals surface area contributed by atoms with Crippen molar-refractivity contribution in [2.24, 2.45) is 0 Å². The zero-order valence-electron chi connectivity index (χ0n) is 10.9. The maximum atomic E-state index is 13.7. The van der Waals surface area contributed by atoms with Gasteiger partial charge in [0.15, 0.2) is 0 Å². The average molecular weight is 238 g/mol. The summed E-state index contributed by atoms with van der Waals surface area (Å²) in [6.07, 6.45) is 5.76. The molecule has 0 saturated carbocycles. The minimum atomic E-state index is -0.656. The van der Waals surface area contributed by atoms with Gasteiger partial charge in [0.05, 0.1) is 6.10 Å². The van der Waals surface area contributed by atoms with Crippen LogP contribution in [0.15, 0.2) is 18.2 Å². The lowest BCUT2D eigenvalue weighted by molar-refractivity contribution is 0.158. The van der Waals surface area contributed by atoms with Crippen molar-refractivity contribution in [2.75, 3.05) is 0 Å². The molecule has 1 aromatic carbocycles. The standard InChI is InChI=1S/C15H23FO/c1-3-4-5-6-7-11-14(17)13-10-8-9-12(2)15(13)16/h8-10,14,17H,3-7,11H2,1-2H3. The molecule has 1 aromatic rings. The van der Waals surface area contributed by atoms with Crippen molar-refractivity contribution >= 4 is 0 Å². The highest BCUT2D eigenvalue weighted by molar-refractivity contribution is 5.26. The summed E-state index contributed by atoms with van der Waals surface area (Å²) in [5.41, 5.74) is 1.05. The van der Waals surface area contributed by atoms with Crippen molar-refractivity contribution in [2.45, 2.75) is 58.5 Å². The topological polar surface area (TPSA) is 20.2 Å². The Labute approximate surface area is 104 Å². The van der Waals surface area contributed by atoms with Crippen LogP contribution >= 0.6 is 0 Å². The van der Waals surface area contributed by atoms with Crippen LogP contribution in [0.3, 0.4) is 0 Å². The first-order chi connectivity index (χ1) is 8.16. The summed E-state index contributed by atoms with van der Waals surface area (Å²) in [7, 11) is 0. The second-order valence-electron chi connectivity index (χ2n) is 4.70. The van der Waals surface area contributed by atoms with Crippen LogP contribution in [-0.4, -0.2) is 5.11 Å². The highest BCUT2D eigenvalue weighted by atomic mass is 19.1. The number of hydrogen-bond donors (Lipinski definition) is 1. The van der Waals surface area contributed by atoms with Gasteiger partial charge in [0, 0.05) is 5.56 Å². The quantitative estimate of drug-likeness (QED) is 0.692. The predicted octanol–water partition coefficient (Wildman–Crippen LogP) is 4.53. The number of aliphatic hydroxyl groups is 1. The summed E-state index contributed by atoms with van der Waals surface area (Å²) in [5.74, 6) is -0.256. The van der Waals surface area contributed by atoms with Gasteiger partial charge < -0.3 is 5.11 Å². The molecule has 0 radical (unpaired) electrons. The van der Waals surface area contributed by atoms with Gasteiger partial charge in [-0.1, -0.05) is 57.2 Å². The van der Waals surface area contributed by atoms with Crippen LogP contribution in [0.25, 0.3) is 0 Å². The molecule has 0 heterocycles. The molecule has 0 aliphatic carbocycles. The lowest BCUT2D eigenvalue weighted by Gasteiger charge is -2.12. The van der Waals surface area contributed by atoms with E-state index in [1.165, 1.54) is 19.3 Å². The molecule has 1 N–H and O–H groups in total. The Morgan fingerprint density at radius 3 is 2.59 bits per heavy atom. The second kappa shape index (κ2) is 7.44. The molecule has 0 bridgehead atoms. The number of benzene rings is 1. The summed E-state index contributed by atoms with van der Waals surface area (Å²) in [4.78, 5) is 0. The number of aryl methyl sites for hydroxylation is 1. The molecule has 1 nitrogen and oxygen atoms in total. The third kappa shape index (κ3) is 4.47.